The average Bonchev–Trinajstić information content (AvgIpc) is 3.07. The third-order valence-corrected chi connectivity index (χ3v) is 8.09. The third kappa shape index (κ3) is 5.91. The van der Waals surface area contributed by atoms with E-state index in [-0.39, 0.29) is 15.6 Å². The first kappa shape index (κ1) is 24.3. The van der Waals surface area contributed by atoms with Crippen LogP contribution in [0.1, 0.15) is 22.5 Å². The second-order valence-corrected chi connectivity index (χ2v) is 10.8. The van der Waals surface area contributed by atoms with Crippen molar-refractivity contribution < 1.29 is 33.0 Å². The molecular formula is C20H23ClN2O7S2. The van der Waals surface area contributed by atoms with Gasteiger partial charge in [-0.3, -0.25) is 0 Å². The number of sulfonamides is 1. The zero-order valence-corrected chi connectivity index (χ0v) is 19.6. The van der Waals surface area contributed by atoms with Crippen LogP contribution in [0.15, 0.2) is 24.3 Å². The van der Waals surface area contributed by atoms with E-state index in [1.54, 1.807) is 12.1 Å². The fourth-order valence-corrected chi connectivity index (χ4v) is 5.74. The number of nitrogens with zero attached hydrogens (tertiary/aromatic N) is 1. The van der Waals surface area contributed by atoms with Gasteiger partial charge in [0.1, 0.15) is 5.02 Å². The highest BCUT2D eigenvalue weighted by molar-refractivity contribution is 7.88. The molecule has 12 heteroatoms. The Labute approximate surface area is 194 Å². The Kier molecular flexibility index (Phi) is 7.65. The molecule has 0 saturated carbocycles. The van der Waals surface area contributed by atoms with Gasteiger partial charge in [0.25, 0.3) is 0 Å². The van der Waals surface area contributed by atoms with Gasteiger partial charge in [0, 0.05) is 25.3 Å². The van der Waals surface area contributed by atoms with Crippen LogP contribution in [0.5, 0.6) is 5.75 Å². The van der Waals surface area contributed by atoms with Crippen LogP contribution in [-0.2, 0) is 14.8 Å². The number of hydrogen-bond acceptors (Lipinski definition) is 7. The van der Waals surface area contributed by atoms with Gasteiger partial charge in [0.05, 0.1) is 11.1 Å². The summed E-state index contributed by atoms with van der Waals surface area (Å²) in [7, 11) is -3.16. The van der Waals surface area contributed by atoms with E-state index < -0.39 is 28.6 Å². The number of halogens is 1. The molecule has 0 aliphatic carbocycles. The van der Waals surface area contributed by atoms with Gasteiger partial charge in [0.2, 0.25) is 10.0 Å². The van der Waals surface area contributed by atoms with Gasteiger partial charge < -0.3 is 20.3 Å². The van der Waals surface area contributed by atoms with E-state index in [1.165, 1.54) is 10.6 Å². The molecule has 0 unspecified atom stereocenters. The monoisotopic (exact) mass is 502 g/mol. The van der Waals surface area contributed by atoms with Gasteiger partial charge >= 0.3 is 11.9 Å². The normalized spacial score (nSPS) is 15.4. The Morgan fingerprint density at radius 3 is 2.56 bits per heavy atom. The van der Waals surface area contributed by atoms with E-state index in [4.69, 9.17) is 21.4 Å². The number of carboxylic acids is 2. The van der Waals surface area contributed by atoms with Gasteiger partial charge in [-0.25, -0.2) is 22.3 Å². The van der Waals surface area contributed by atoms with Crippen molar-refractivity contribution in [2.24, 2.45) is 5.92 Å². The topological polar surface area (TPSA) is 133 Å². The van der Waals surface area contributed by atoms with E-state index in [2.05, 4.69) is 5.32 Å². The van der Waals surface area contributed by atoms with Crippen LogP contribution in [0.4, 0.5) is 5.69 Å². The number of hydrogen-bond donors (Lipinski definition) is 3. The third-order valence-electron chi connectivity index (χ3n) is 5.11. The largest absolute Gasteiger partial charge is 0.479 e. The molecule has 3 rings (SSSR count). The number of rotatable bonds is 9. The number of carbonyl (C=O) groups is 2. The molecule has 0 amide bonds. The van der Waals surface area contributed by atoms with Crippen LogP contribution in [0.2, 0.25) is 5.02 Å². The van der Waals surface area contributed by atoms with Crippen molar-refractivity contribution in [2.75, 3.05) is 37.8 Å². The quantitative estimate of drug-likeness (QED) is 0.475. The van der Waals surface area contributed by atoms with Gasteiger partial charge in [-0.05, 0) is 36.5 Å². The summed E-state index contributed by atoms with van der Waals surface area (Å²) in [5.41, 5.74) is 1.48. The van der Waals surface area contributed by atoms with Crippen molar-refractivity contribution in [3.05, 3.63) is 34.2 Å². The second kappa shape index (κ2) is 10.1. The van der Waals surface area contributed by atoms with Crippen molar-refractivity contribution in [1.29, 1.82) is 0 Å². The van der Waals surface area contributed by atoms with Gasteiger partial charge in [-0.2, -0.15) is 0 Å². The van der Waals surface area contributed by atoms with Crippen LogP contribution in [0.25, 0.3) is 10.4 Å². The lowest BCUT2D eigenvalue weighted by molar-refractivity contribution is -0.139. The van der Waals surface area contributed by atoms with Crippen LogP contribution in [-0.4, -0.2) is 67.4 Å². The molecule has 3 N–H and O–H groups in total. The first-order valence-corrected chi connectivity index (χ1v) is 12.8. The molecule has 0 radical (unpaired) electrons. The summed E-state index contributed by atoms with van der Waals surface area (Å²) in [4.78, 5) is 22.7. The van der Waals surface area contributed by atoms with E-state index in [0.29, 0.717) is 36.0 Å². The molecule has 1 saturated heterocycles. The van der Waals surface area contributed by atoms with Crippen molar-refractivity contribution in [2.45, 2.75) is 12.8 Å². The number of anilines is 1. The first-order valence-electron chi connectivity index (χ1n) is 9.76. The van der Waals surface area contributed by atoms with Crippen molar-refractivity contribution >= 4 is 50.6 Å². The molecule has 9 nitrogen and oxygen atoms in total. The number of thiophene rings is 1. The number of carboxylic acid groups (broad SMARTS) is 2. The molecule has 2 aromatic rings. The molecule has 2 heterocycles. The van der Waals surface area contributed by atoms with Crippen molar-refractivity contribution in [3.63, 3.8) is 0 Å². The molecule has 1 aromatic heterocycles. The standard InChI is InChI=1S/C20H23ClN2O7S2/c1-32(28,29)23-7-5-12(6-8-23)10-22-14-4-2-3-13(9-14)18-16(21)17(30-11-15(24)25)19(31-18)20(26)27/h2-4,9,12,22H,5-8,10-11H2,1H3,(H,24,25)(H,26,27). The lowest BCUT2D eigenvalue weighted by atomic mass is 9.98. The molecule has 0 spiro atoms. The maximum absolute atomic E-state index is 11.6. The number of piperidine rings is 1. The molecule has 1 fully saturated rings. The number of ether oxygens (including phenoxy) is 1. The summed E-state index contributed by atoms with van der Waals surface area (Å²) in [5.74, 6) is -2.31. The molecule has 1 aromatic carbocycles. The molecule has 1 aliphatic heterocycles. The zero-order valence-electron chi connectivity index (χ0n) is 17.2. The predicted octanol–water partition coefficient (Wildman–Crippen LogP) is 3.31. The maximum Gasteiger partial charge on any atom is 0.349 e. The molecule has 0 atom stereocenters. The molecule has 32 heavy (non-hydrogen) atoms. The van der Waals surface area contributed by atoms with E-state index in [9.17, 15) is 23.1 Å². The Bertz CT molecular complexity index is 1110. The molecule has 174 valence electrons. The summed E-state index contributed by atoms with van der Waals surface area (Å²) >= 11 is 7.26. The second-order valence-electron chi connectivity index (χ2n) is 7.46. The first-order chi connectivity index (χ1) is 15.1. The van der Waals surface area contributed by atoms with E-state index >= 15 is 0 Å². The Morgan fingerprint density at radius 2 is 1.97 bits per heavy atom. The Morgan fingerprint density at radius 1 is 1.28 bits per heavy atom. The number of aliphatic carboxylic acids is 1. The van der Waals surface area contributed by atoms with Gasteiger partial charge in [-0.15, -0.1) is 11.3 Å². The SMILES string of the molecule is CS(=O)(=O)N1CCC(CNc2cccc(-c3sc(C(=O)O)c(OCC(=O)O)c3Cl)c2)CC1. The zero-order chi connectivity index (χ0) is 23.5. The summed E-state index contributed by atoms with van der Waals surface area (Å²) in [6.45, 7) is 0.989. The van der Waals surface area contributed by atoms with Crippen LogP contribution < -0.4 is 10.1 Å². The van der Waals surface area contributed by atoms with Gasteiger partial charge in [-0.1, -0.05) is 23.7 Å². The van der Waals surface area contributed by atoms with E-state index in [0.717, 1.165) is 29.9 Å². The minimum absolute atomic E-state index is 0.0546. The minimum atomic E-state index is -3.16. The highest BCUT2D eigenvalue weighted by Gasteiger charge is 2.26. The fourth-order valence-electron chi connectivity index (χ4n) is 3.46. The molecular weight excluding hydrogens is 480 g/mol. The minimum Gasteiger partial charge on any atom is -0.479 e. The average molecular weight is 503 g/mol. The lowest BCUT2D eigenvalue weighted by Crippen LogP contribution is -2.39. The van der Waals surface area contributed by atoms with Crippen LogP contribution >= 0.6 is 22.9 Å². The van der Waals surface area contributed by atoms with Crippen LogP contribution in [0, 0.1) is 5.92 Å². The Balaban J connectivity index is 1.72. The highest BCUT2D eigenvalue weighted by Crippen LogP contribution is 2.45. The number of benzene rings is 1. The smallest absolute Gasteiger partial charge is 0.349 e. The summed E-state index contributed by atoms with van der Waals surface area (Å²) < 4.78 is 29.9. The summed E-state index contributed by atoms with van der Waals surface area (Å²) in [5, 5.41) is 21.7. The number of nitrogens with one attached hydrogen (secondary N) is 1. The predicted molar refractivity (Wildman–Crippen MR) is 122 cm³/mol. The van der Waals surface area contributed by atoms with Crippen LogP contribution in [0.3, 0.4) is 0 Å². The van der Waals surface area contributed by atoms with E-state index in [1.807, 2.05) is 12.1 Å². The molecule has 1 aliphatic rings. The highest BCUT2D eigenvalue weighted by atomic mass is 35.5. The summed E-state index contributed by atoms with van der Waals surface area (Å²) in [6, 6.07) is 7.28. The fraction of sp³-hybridized carbons (Fsp3) is 0.400. The Hall–Kier alpha value is -2.34. The lowest BCUT2D eigenvalue weighted by Gasteiger charge is -2.30. The number of aromatic carboxylic acids is 1. The van der Waals surface area contributed by atoms with Gasteiger partial charge in [0.15, 0.2) is 17.2 Å². The maximum atomic E-state index is 11.6. The summed E-state index contributed by atoms with van der Waals surface area (Å²) in [6.07, 6.45) is 2.76. The molecule has 0 bridgehead atoms. The van der Waals surface area contributed by atoms with Crippen molar-refractivity contribution in [1.82, 2.24) is 4.31 Å². The van der Waals surface area contributed by atoms with Crippen molar-refractivity contribution in [3.8, 4) is 16.2 Å².